The summed E-state index contributed by atoms with van der Waals surface area (Å²) < 4.78 is 11.8. The lowest BCUT2D eigenvalue weighted by Gasteiger charge is -2.37. The zero-order valence-corrected chi connectivity index (χ0v) is 19.5. The maximum absolute atomic E-state index is 13.4. The molecule has 1 saturated heterocycles. The molecule has 2 atom stereocenters. The van der Waals surface area contributed by atoms with E-state index in [1.807, 2.05) is 25.2 Å². The van der Waals surface area contributed by atoms with Crippen LogP contribution in [0.2, 0.25) is 0 Å². The Labute approximate surface area is 192 Å². The Morgan fingerprint density at radius 3 is 2.75 bits per heavy atom. The maximum Gasteiger partial charge on any atom is 0.254 e. The van der Waals surface area contributed by atoms with Crippen LogP contribution in [-0.4, -0.2) is 67.4 Å². The molecule has 4 rings (SSSR count). The molecule has 1 aliphatic heterocycles. The number of benzene rings is 2. The van der Waals surface area contributed by atoms with Gasteiger partial charge in [0.25, 0.3) is 5.91 Å². The largest absolute Gasteiger partial charge is 0.493 e. The van der Waals surface area contributed by atoms with Crippen LogP contribution in [-0.2, 0) is 0 Å². The summed E-state index contributed by atoms with van der Waals surface area (Å²) in [6.45, 7) is 0.906. The summed E-state index contributed by atoms with van der Waals surface area (Å²) in [6.07, 6.45) is 2.48. The Hall–Kier alpha value is -2.84. The second kappa shape index (κ2) is 9.75. The van der Waals surface area contributed by atoms with Crippen LogP contribution in [0.3, 0.4) is 0 Å². The molecule has 2 aromatic carbocycles. The monoisotopic (exact) mass is 455 g/mol. The summed E-state index contributed by atoms with van der Waals surface area (Å²) in [7, 11) is 4.94. The van der Waals surface area contributed by atoms with Gasteiger partial charge in [0.05, 0.1) is 36.5 Å². The molecule has 1 aliphatic rings. The first-order valence-corrected chi connectivity index (χ1v) is 11.6. The van der Waals surface area contributed by atoms with Crippen molar-refractivity contribution < 1.29 is 19.4 Å². The zero-order valence-electron chi connectivity index (χ0n) is 18.7. The van der Waals surface area contributed by atoms with Gasteiger partial charge in [-0.2, -0.15) is 0 Å². The fraction of sp³-hybridized carbons (Fsp3) is 0.417. The van der Waals surface area contributed by atoms with E-state index < -0.39 is 0 Å². The molecule has 1 aromatic heterocycles. The van der Waals surface area contributed by atoms with Crippen LogP contribution in [0.1, 0.15) is 29.6 Å². The number of rotatable bonds is 8. The van der Waals surface area contributed by atoms with Gasteiger partial charge in [-0.3, -0.25) is 4.79 Å². The van der Waals surface area contributed by atoms with Crippen molar-refractivity contribution in [1.82, 2.24) is 9.88 Å². The molecule has 0 spiro atoms. The van der Waals surface area contributed by atoms with Crippen molar-refractivity contribution in [1.29, 1.82) is 0 Å². The standard InChI is InChI=1S/C24H29N3O4S/c1-26(23(29)16-10-11-20(30-2)21(15-16)31-3)18(12-14-28)19-8-6-13-27(19)24-25-17-7-4-5-9-22(17)32-24/h4-5,7,9-11,15,18-19,28H,6,8,12-14H2,1-3H3/t18-,19?/m0/s1. The van der Waals surface area contributed by atoms with Crippen molar-refractivity contribution in [2.45, 2.75) is 31.3 Å². The van der Waals surface area contributed by atoms with E-state index in [0.29, 0.717) is 23.5 Å². The van der Waals surface area contributed by atoms with Gasteiger partial charge in [-0.1, -0.05) is 23.5 Å². The van der Waals surface area contributed by atoms with Gasteiger partial charge in [-0.05, 0) is 49.6 Å². The highest BCUT2D eigenvalue weighted by Gasteiger charge is 2.37. The van der Waals surface area contributed by atoms with Crippen LogP contribution in [0.25, 0.3) is 10.2 Å². The minimum atomic E-state index is -0.143. The Morgan fingerprint density at radius 2 is 2.03 bits per heavy atom. The number of aliphatic hydroxyl groups is 1. The third-order valence-electron chi connectivity index (χ3n) is 6.14. The molecule has 0 aliphatic carbocycles. The number of nitrogens with zero attached hydrogens (tertiary/aromatic N) is 3. The number of amides is 1. The maximum atomic E-state index is 13.4. The predicted molar refractivity (Wildman–Crippen MR) is 127 cm³/mol. The molecule has 7 nitrogen and oxygen atoms in total. The lowest BCUT2D eigenvalue weighted by atomic mass is 10.00. The number of methoxy groups -OCH3 is 2. The van der Waals surface area contributed by atoms with Crippen molar-refractivity contribution in [3.05, 3.63) is 48.0 Å². The topological polar surface area (TPSA) is 75.1 Å². The van der Waals surface area contributed by atoms with Gasteiger partial charge in [0.1, 0.15) is 0 Å². The third kappa shape index (κ3) is 4.25. The normalized spacial score (nSPS) is 16.9. The minimum absolute atomic E-state index is 0.0123. The smallest absolute Gasteiger partial charge is 0.254 e. The Morgan fingerprint density at radius 1 is 1.25 bits per heavy atom. The lowest BCUT2D eigenvalue weighted by molar-refractivity contribution is 0.0679. The van der Waals surface area contributed by atoms with Gasteiger partial charge in [0.2, 0.25) is 0 Å². The number of anilines is 1. The van der Waals surface area contributed by atoms with Crippen LogP contribution < -0.4 is 14.4 Å². The van der Waals surface area contributed by atoms with Gasteiger partial charge in [-0.25, -0.2) is 4.98 Å². The molecule has 3 aromatic rings. The summed E-state index contributed by atoms with van der Waals surface area (Å²) in [5.41, 5.74) is 1.52. The van der Waals surface area contributed by atoms with E-state index in [4.69, 9.17) is 14.5 Å². The average Bonchev–Trinajstić information content (AvgIpc) is 3.48. The lowest BCUT2D eigenvalue weighted by Crippen LogP contribution is -2.50. The summed E-state index contributed by atoms with van der Waals surface area (Å²) in [5.74, 6) is 0.986. The number of aliphatic hydroxyl groups excluding tert-OH is 1. The molecular formula is C24H29N3O4S. The van der Waals surface area contributed by atoms with Crippen molar-refractivity contribution in [3.8, 4) is 11.5 Å². The quantitative estimate of drug-likeness (QED) is 0.557. The van der Waals surface area contributed by atoms with E-state index in [2.05, 4.69) is 11.0 Å². The molecule has 1 N–H and O–H groups in total. The molecule has 1 unspecified atom stereocenters. The highest BCUT2D eigenvalue weighted by atomic mass is 32.1. The van der Waals surface area contributed by atoms with E-state index >= 15 is 0 Å². The molecule has 2 heterocycles. The Kier molecular flexibility index (Phi) is 6.81. The highest BCUT2D eigenvalue weighted by molar-refractivity contribution is 7.22. The van der Waals surface area contributed by atoms with E-state index in [1.165, 1.54) is 0 Å². The summed E-state index contributed by atoms with van der Waals surface area (Å²) in [6, 6.07) is 13.3. The number of carbonyl (C=O) groups is 1. The van der Waals surface area contributed by atoms with Gasteiger partial charge < -0.3 is 24.4 Å². The SMILES string of the molecule is COc1ccc(C(=O)N(C)[C@@H](CCO)C2CCCN2c2nc3ccccc3s2)cc1OC. The fourth-order valence-electron chi connectivity index (χ4n) is 4.51. The molecule has 0 saturated carbocycles. The molecule has 0 radical (unpaired) electrons. The Balaban J connectivity index is 1.61. The highest BCUT2D eigenvalue weighted by Crippen LogP contribution is 2.36. The minimum Gasteiger partial charge on any atom is -0.493 e. The first kappa shape index (κ1) is 22.4. The number of ether oxygens (including phenoxy) is 2. The number of likely N-dealkylation sites (N-methyl/N-ethyl adjacent to an activating group) is 1. The number of thiazole rings is 1. The zero-order chi connectivity index (χ0) is 22.7. The molecule has 170 valence electrons. The molecule has 1 fully saturated rings. The van der Waals surface area contributed by atoms with Crippen LogP contribution in [0.5, 0.6) is 11.5 Å². The molecule has 1 amide bonds. The van der Waals surface area contributed by atoms with Crippen LogP contribution in [0, 0.1) is 0 Å². The molecule has 8 heteroatoms. The van der Waals surface area contributed by atoms with Crippen molar-refractivity contribution in [3.63, 3.8) is 0 Å². The first-order chi connectivity index (χ1) is 15.6. The number of hydrogen-bond donors (Lipinski definition) is 1. The van der Waals surface area contributed by atoms with Crippen molar-refractivity contribution in [2.75, 3.05) is 39.3 Å². The van der Waals surface area contributed by atoms with E-state index in [9.17, 15) is 9.90 Å². The Bertz CT molecular complexity index is 1050. The molecular weight excluding hydrogens is 426 g/mol. The molecule has 0 bridgehead atoms. The fourth-order valence-corrected chi connectivity index (χ4v) is 5.56. The van der Waals surface area contributed by atoms with Gasteiger partial charge in [0.15, 0.2) is 16.6 Å². The predicted octanol–water partition coefficient (Wildman–Crippen LogP) is 3.81. The first-order valence-electron chi connectivity index (χ1n) is 10.8. The average molecular weight is 456 g/mol. The summed E-state index contributed by atoms with van der Waals surface area (Å²) in [4.78, 5) is 22.3. The van der Waals surface area contributed by atoms with Gasteiger partial charge >= 0.3 is 0 Å². The third-order valence-corrected chi connectivity index (χ3v) is 7.22. The van der Waals surface area contributed by atoms with Gasteiger partial charge in [0, 0.05) is 25.8 Å². The van der Waals surface area contributed by atoms with Crippen molar-refractivity contribution >= 4 is 32.6 Å². The van der Waals surface area contributed by atoms with E-state index in [1.54, 1.807) is 48.7 Å². The van der Waals surface area contributed by atoms with E-state index in [-0.39, 0.29) is 24.6 Å². The second-order valence-electron chi connectivity index (χ2n) is 7.93. The number of para-hydroxylation sites is 1. The van der Waals surface area contributed by atoms with Crippen LogP contribution in [0.4, 0.5) is 5.13 Å². The van der Waals surface area contributed by atoms with Gasteiger partial charge in [-0.15, -0.1) is 0 Å². The van der Waals surface area contributed by atoms with Crippen molar-refractivity contribution in [2.24, 2.45) is 0 Å². The second-order valence-corrected chi connectivity index (χ2v) is 8.94. The summed E-state index contributed by atoms with van der Waals surface area (Å²) in [5, 5.41) is 10.8. The number of hydrogen-bond acceptors (Lipinski definition) is 7. The number of aromatic nitrogens is 1. The summed E-state index contributed by atoms with van der Waals surface area (Å²) >= 11 is 1.68. The number of fused-ring (bicyclic) bond motifs is 1. The van der Waals surface area contributed by atoms with Crippen LogP contribution in [0.15, 0.2) is 42.5 Å². The van der Waals surface area contributed by atoms with Crippen LogP contribution >= 0.6 is 11.3 Å². The molecule has 32 heavy (non-hydrogen) atoms. The number of carbonyl (C=O) groups excluding carboxylic acids is 1. The van der Waals surface area contributed by atoms with E-state index in [0.717, 1.165) is 34.7 Å².